The third-order valence-corrected chi connectivity index (χ3v) is 2.77. The summed E-state index contributed by atoms with van der Waals surface area (Å²) in [4.78, 5) is 3.98. The van der Waals surface area contributed by atoms with Crippen LogP contribution in [0, 0.1) is 36.8 Å². The van der Waals surface area contributed by atoms with Gasteiger partial charge >= 0.3 is 0 Å². The van der Waals surface area contributed by atoms with Crippen molar-refractivity contribution in [3.63, 3.8) is 0 Å². The fourth-order valence-corrected chi connectivity index (χ4v) is 1.66. The van der Waals surface area contributed by atoms with Crippen LogP contribution in [0.25, 0.3) is 0 Å². The smallest absolute Gasteiger partial charge is 0.148 e. The highest BCUT2D eigenvalue weighted by Crippen LogP contribution is 2.24. The molecule has 0 bridgehead atoms. The molecule has 0 aliphatic carbocycles. The van der Waals surface area contributed by atoms with Crippen molar-refractivity contribution < 1.29 is 8.78 Å². The molecule has 0 amide bonds. The molecule has 96 valence electrons. The minimum atomic E-state index is -0.592. The van der Waals surface area contributed by atoms with Crippen molar-refractivity contribution in [2.24, 2.45) is 0 Å². The summed E-state index contributed by atoms with van der Waals surface area (Å²) < 4.78 is 27.1. The van der Waals surface area contributed by atoms with Gasteiger partial charge in [0.05, 0.1) is 11.3 Å². The van der Waals surface area contributed by atoms with Gasteiger partial charge in [-0.15, -0.1) is 0 Å². The molecule has 0 radical (unpaired) electrons. The summed E-state index contributed by atoms with van der Waals surface area (Å²) in [5.41, 5.74) is 1.20. The lowest BCUT2D eigenvalue weighted by atomic mass is 10.1. The van der Waals surface area contributed by atoms with Gasteiger partial charge in [0.2, 0.25) is 0 Å². The van der Waals surface area contributed by atoms with Gasteiger partial charge in [0, 0.05) is 12.3 Å². The summed E-state index contributed by atoms with van der Waals surface area (Å²) in [5, 5.41) is 11.7. The van der Waals surface area contributed by atoms with Crippen LogP contribution in [-0.2, 0) is 0 Å². The quantitative estimate of drug-likeness (QED) is 0.896. The Morgan fingerprint density at radius 3 is 2.58 bits per heavy atom. The summed E-state index contributed by atoms with van der Waals surface area (Å²) in [6, 6.07) is 5.81. The first-order valence-electron chi connectivity index (χ1n) is 5.61. The van der Waals surface area contributed by atoms with Crippen LogP contribution in [0.2, 0.25) is 0 Å². The number of halogens is 2. The lowest BCUT2D eigenvalue weighted by molar-refractivity contribution is 0.595. The number of hydrogen-bond acceptors (Lipinski definition) is 3. The first-order valence-corrected chi connectivity index (χ1v) is 5.61. The number of pyridine rings is 1. The molecule has 0 fully saturated rings. The largest absolute Gasteiger partial charge is 0.337 e. The number of aromatic nitrogens is 1. The van der Waals surface area contributed by atoms with Gasteiger partial charge in [0.1, 0.15) is 23.5 Å². The van der Waals surface area contributed by atoms with E-state index in [0.717, 1.165) is 12.1 Å². The molecule has 0 atom stereocenters. The normalized spacial score (nSPS) is 10.1. The van der Waals surface area contributed by atoms with Gasteiger partial charge in [-0.25, -0.2) is 13.8 Å². The topological polar surface area (TPSA) is 48.7 Å². The average molecular weight is 259 g/mol. The van der Waals surface area contributed by atoms with Crippen molar-refractivity contribution in [1.29, 1.82) is 5.26 Å². The maximum absolute atomic E-state index is 13.7. The lowest BCUT2D eigenvalue weighted by Gasteiger charge is -2.10. The van der Waals surface area contributed by atoms with E-state index in [1.807, 2.05) is 6.07 Å². The van der Waals surface area contributed by atoms with E-state index in [1.165, 1.54) is 13.1 Å². The van der Waals surface area contributed by atoms with Gasteiger partial charge in [0.15, 0.2) is 0 Å². The number of rotatable bonds is 2. The number of benzene rings is 1. The molecule has 0 saturated carbocycles. The highest BCUT2D eigenvalue weighted by atomic mass is 19.1. The fourth-order valence-electron chi connectivity index (χ4n) is 1.66. The monoisotopic (exact) mass is 259 g/mol. The van der Waals surface area contributed by atoms with Gasteiger partial charge in [-0.3, -0.25) is 0 Å². The van der Waals surface area contributed by atoms with Crippen molar-refractivity contribution in [3.8, 4) is 6.07 Å². The first-order chi connectivity index (χ1) is 9.02. The van der Waals surface area contributed by atoms with Gasteiger partial charge in [-0.05, 0) is 37.1 Å². The van der Waals surface area contributed by atoms with Crippen molar-refractivity contribution >= 4 is 11.5 Å². The molecular formula is C14H11F2N3. The second-order valence-corrected chi connectivity index (χ2v) is 4.17. The van der Waals surface area contributed by atoms with Crippen molar-refractivity contribution in [3.05, 3.63) is 52.7 Å². The van der Waals surface area contributed by atoms with E-state index in [9.17, 15) is 8.78 Å². The van der Waals surface area contributed by atoms with Crippen LogP contribution in [0.15, 0.2) is 24.4 Å². The Balaban J connectivity index is 2.45. The molecule has 0 aliphatic heterocycles. The van der Waals surface area contributed by atoms with Crippen molar-refractivity contribution in [2.75, 3.05) is 5.32 Å². The second kappa shape index (κ2) is 5.02. The van der Waals surface area contributed by atoms with Crippen LogP contribution >= 0.6 is 0 Å². The number of hydrogen-bond donors (Lipinski definition) is 1. The Morgan fingerprint density at radius 2 is 1.89 bits per heavy atom. The predicted octanol–water partition coefficient (Wildman–Crippen LogP) is 3.59. The summed E-state index contributed by atoms with van der Waals surface area (Å²) in [7, 11) is 0. The van der Waals surface area contributed by atoms with Gasteiger partial charge in [-0.2, -0.15) is 5.26 Å². The molecule has 0 saturated heterocycles. The van der Waals surface area contributed by atoms with E-state index < -0.39 is 11.6 Å². The average Bonchev–Trinajstić information content (AvgIpc) is 2.36. The van der Waals surface area contributed by atoms with Crippen molar-refractivity contribution in [1.82, 2.24) is 4.98 Å². The maximum Gasteiger partial charge on any atom is 0.148 e. The molecule has 1 N–H and O–H groups in total. The number of anilines is 2. The highest BCUT2D eigenvalue weighted by molar-refractivity contribution is 5.65. The fraction of sp³-hybridized carbons (Fsp3) is 0.143. The molecule has 1 heterocycles. The summed E-state index contributed by atoms with van der Waals surface area (Å²) >= 11 is 0. The van der Waals surface area contributed by atoms with E-state index >= 15 is 0 Å². The molecular weight excluding hydrogens is 248 g/mol. The van der Waals surface area contributed by atoms with E-state index in [2.05, 4.69) is 10.3 Å². The van der Waals surface area contributed by atoms with Crippen LogP contribution in [0.3, 0.4) is 0 Å². The Hall–Kier alpha value is -2.48. The minimum absolute atomic E-state index is 0.0438. The minimum Gasteiger partial charge on any atom is -0.337 e. The van der Waals surface area contributed by atoms with E-state index in [4.69, 9.17) is 5.26 Å². The SMILES string of the molecule is Cc1cc(F)c(Nc2nccc(C)c2C#N)cc1F. The molecule has 0 unspecified atom stereocenters. The summed E-state index contributed by atoms with van der Waals surface area (Å²) in [5.74, 6) is -0.897. The van der Waals surface area contributed by atoms with Crippen LogP contribution in [0.1, 0.15) is 16.7 Å². The van der Waals surface area contributed by atoms with E-state index in [0.29, 0.717) is 11.1 Å². The Labute approximate surface area is 109 Å². The molecule has 3 nitrogen and oxygen atoms in total. The summed E-state index contributed by atoms with van der Waals surface area (Å²) in [6.07, 6.45) is 1.50. The highest BCUT2D eigenvalue weighted by Gasteiger charge is 2.11. The Bertz CT molecular complexity index is 675. The van der Waals surface area contributed by atoms with Crippen LogP contribution in [0.4, 0.5) is 20.3 Å². The van der Waals surface area contributed by atoms with Crippen LogP contribution < -0.4 is 5.32 Å². The third kappa shape index (κ3) is 2.52. The molecule has 19 heavy (non-hydrogen) atoms. The third-order valence-electron chi connectivity index (χ3n) is 2.77. The number of nitriles is 1. The number of nitrogens with zero attached hydrogens (tertiary/aromatic N) is 2. The Morgan fingerprint density at radius 1 is 1.16 bits per heavy atom. The zero-order chi connectivity index (χ0) is 14.0. The Kier molecular flexibility index (Phi) is 3.43. The predicted molar refractivity (Wildman–Crippen MR) is 68.1 cm³/mol. The molecule has 5 heteroatoms. The standard InChI is InChI=1S/C14H11F2N3/c1-8-3-4-18-14(10(8)7-17)19-13-6-11(15)9(2)5-12(13)16/h3-6H,1-2H3,(H,18,19). The zero-order valence-electron chi connectivity index (χ0n) is 10.5. The van der Waals surface area contributed by atoms with Gasteiger partial charge in [-0.1, -0.05) is 0 Å². The summed E-state index contributed by atoms with van der Waals surface area (Å²) in [6.45, 7) is 3.23. The molecule has 2 rings (SSSR count). The molecule has 0 spiro atoms. The number of nitrogens with one attached hydrogen (secondary N) is 1. The lowest BCUT2D eigenvalue weighted by Crippen LogP contribution is -2.01. The number of aryl methyl sites for hydroxylation is 2. The van der Waals surface area contributed by atoms with Gasteiger partial charge < -0.3 is 5.32 Å². The zero-order valence-corrected chi connectivity index (χ0v) is 10.5. The molecule has 0 aliphatic rings. The van der Waals surface area contributed by atoms with E-state index in [-0.39, 0.29) is 17.1 Å². The molecule has 2 aromatic rings. The second-order valence-electron chi connectivity index (χ2n) is 4.17. The maximum atomic E-state index is 13.7. The van der Waals surface area contributed by atoms with Gasteiger partial charge in [0.25, 0.3) is 0 Å². The molecule has 1 aromatic carbocycles. The van der Waals surface area contributed by atoms with Crippen LogP contribution in [-0.4, -0.2) is 4.98 Å². The first kappa shape index (κ1) is 13.0. The van der Waals surface area contributed by atoms with Crippen LogP contribution in [0.5, 0.6) is 0 Å². The van der Waals surface area contributed by atoms with Crippen molar-refractivity contribution in [2.45, 2.75) is 13.8 Å². The van der Waals surface area contributed by atoms with E-state index in [1.54, 1.807) is 13.0 Å². The molecule has 1 aromatic heterocycles.